The largest absolute Gasteiger partial charge is 0.0912 e. The van der Waals surface area contributed by atoms with Crippen molar-refractivity contribution in [2.24, 2.45) is 0 Å². The number of rotatable bonds is 1. The lowest BCUT2D eigenvalue weighted by atomic mass is 10.1. The Morgan fingerprint density at radius 3 is 2.58 bits per heavy atom. The topological polar surface area (TPSA) is 0 Å². The molecule has 0 aliphatic carbocycles. The van der Waals surface area contributed by atoms with E-state index in [1.54, 1.807) is 0 Å². The van der Waals surface area contributed by atoms with Gasteiger partial charge in [-0.3, -0.25) is 0 Å². The van der Waals surface area contributed by atoms with Crippen LogP contribution in [0, 0.1) is 0 Å². The fourth-order valence-corrected chi connectivity index (χ4v) is 1.24. The minimum atomic E-state index is 1.09. The fourth-order valence-electron chi connectivity index (χ4n) is 1.24. The quantitative estimate of drug-likeness (QED) is 0.585. The molecule has 62 valence electrons. The molecule has 1 aromatic rings. The molecule has 0 N–H and O–H groups in total. The summed E-state index contributed by atoms with van der Waals surface area (Å²) in [6, 6.07) is 8.17. The average molecular weight is 158 g/mol. The molecule has 0 aromatic heterocycles. The molecule has 0 amide bonds. The van der Waals surface area contributed by atoms with Gasteiger partial charge in [0.15, 0.2) is 0 Å². The Kier molecular flexibility index (Phi) is 2.87. The Bertz CT molecular complexity index is 383. The van der Waals surface area contributed by atoms with Crippen molar-refractivity contribution >= 4 is 12.2 Å². The lowest BCUT2D eigenvalue weighted by molar-refractivity contribution is 1.48. The molecule has 0 bridgehead atoms. The lowest BCUT2D eigenvalue weighted by Gasteiger charge is -1.92. The second kappa shape index (κ2) is 3.91. The van der Waals surface area contributed by atoms with E-state index in [-0.39, 0.29) is 0 Å². The van der Waals surface area contributed by atoms with Gasteiger partial charge in [0.05, 0.1) is 0 Å². The Morgan fingerprint density at radius 2 is 2.00 bits per heavy atom. The summed E-state index contributed by atoms with van der Waals surface area (Å²) < 4.78 is 0. The first-order valence-electron chi connectivity index (χ1n) is 4.13. The van der Waals surface area contributed by atoms with E-state index in [1.165, 1.54) is 10.8 Å². The van der Waals surface area contributed by atoms with Gasteiger partial charge in [0, 0.05) is 0 Å². The SMILES string of the molecule is C=c1ccccc1=C(C)C=CC. The van der Waals surface area contributed by atoms with Crippen LogP contribution < -0.4 is 10.4 Å². The molecular weight excluding hydrogens is 144 g/mol. The molecule has 1 aromatic carbocycles. The van der Waals surface area contributed by atoms with Crippen molar-refractivity contribution < 1.29 is 0 Å². The summed E-state index contributed by atoms with van der Waals surface area (Å²) in [4.78, 5) is 0. The van der Waals surface area contributed by atoms with Crippen molar-refractivity contribution in [2.75, 3.05) is 0 Å². The van der Waals surface area contributed by atoms with Crippen LogP contribution in [0.1, 0.15) is 13.8 Å². The number of allylic oxidation sites excluding steroid dienone is 2. The molecule has 0 nitrogen and oxygen atoms in total. The Labute approximate surface area is 73.6 Å². The summed E-state index contributed by atoms with van der Waals surface area (Å²) in [5, 5.41) is 2.32. The summed E-state index contributed by atoms with van der Waals surface area (Å²) in [7, 11) is 0. The summed E-state index contributed by atoms with van der Waals surface area (Å²) in [6.45, 7) is 8.09. The standard InChI is InChI=1S/C12H14/c1-4-7-10(2)12-9-6-5-8-11(12)3/h4-9H,3H2,1-2H3. The highest BCUT2D eigenvalue weighted by Gasteiger charge is 1.84. The smallest absolute Gasteiger partial charge is 0.0161 e. The predicted octanol–water partition coefficient (Wildman–Crippen LogP) is 1.84. The monoisotopic (exact) mass is 158 g/mol. The average Bonchev–Trinajstić information content (AvgIpc) is 2.05. The van der Waals surface area contributed by atoms with Gasteiger partial charge >= 0.3 is 0 Å². The van der Waals surface area contributed by atoms with Gasteiger partial charge in [-0.05, 0) is 29.9 Å². The molecule has 12 heavy (non-hydrogen) atoms. The lowest BCUT2D eigenvalue weighted by Crippen LogP contribution is -2.23. The van der Waals surface area contributed by atoms with E-state index >= 15 is 0 Å². The van der Waals surface area contributed by atoms with Crippen molar-refractivity contribution in [3.63, 3.8) is 0 Å². The third kappa shape index (κ3) is 1.85. The maximum Gasteiger partial charge on any atom is -0.0161 e. The highest BCUT2D eigenvalue weighted by molar-refractivity contribution is 5.53. The Balaban J connectivity index is 3.45. The zero-order valence-electron chi connectivity index (χ0n) is 7.67. The summed E-state index contributed by atoms with van der Waals surface area (Å²) in [5.41, 5.74) is 1.27. The fraction of sp³-hybridized carbons (Fsp3) is 0.167. The molecule has 0 radical (unpaired) electrons. The summed E-state index contributed by atoms with van der Waals surface area (Å²) >= 11 is 0. The first-order valence-corrected chi connectivity index (χ1v) is 4.13. The van der Waals surface area contributed by atoms with Crippen LogP contribution >= 0.6 is 0 Å². The molecule has 0 aliphatic rings. The van der Waals surface area contributed by atoms with E-state index in [1.807, 2.05) is 31.2 Å². The molecule has 0 aliphatic heterocycles. The van der Waals surface area contributed by atoms with Crippen LogP contribution in [0.4, 0.5) is 0 Å². The number of hydrogen-bond donors (Lipinski definition) is 0. The molecule has 1 rings (SSSR count). The first kappa shape index (κ1) is 8.79. The van der Waals surface area contributed by atoms with Crippen LogP contribution in [-0.4, -0.2) is 0 Å². The normalized spacial score (nSPS) is 13.5. The van der Waals surface area contributed by atoms with Crippen LogP contribution in [0.5, 0.6) is 0 Å². The van der Waals surface area contributed by atoms with Crippen LogP contribution in [-0.2, 0) is 0 Å². The van der Waals surface area contributed by atoms with Crippen molar-refractivity contribution in [1.82, 2.24) is 0 Å². The predicted molar refractivity (Wildman–Crippen MR) is 55.1 cm³/mol. The van der Waals surface area contributed by atoms with Crippen molar-refractivity contribution in [3.8, 4) is 0 Å². The second-order valence-electron chi connectivity index (χ2n) is 2.84. The third-order valence-electron chi connectivity index (χ3n) is 1.86. The minimum Gasteiger partial charge on any atom is -0.0912 e. The van der Waals surface area contributed by atoms with E-state index in [4.69, 9.17) is 0 Å². The highest BCUT2D eigenvalue weighted by atomic mass is 13.9. The Morgan fingerprint density at radius 1 is 1.33 bits per heavy atom. The molecule has 0 saturated carbocycles. The molecule has 0 atom stereocenters. The van der Waals surface area contributed by atoms with Gasteiger partial charge in [0.2, 0.25) is 0 Å². The zero-order chi connectivity index (χ0) is 8.97. The van der Waals surface area contributed by atoms with Crippen molar-refractivity contribution in [2.45, 2.75) is 13.8 Å². The van der Waals surface area contributed by atoms with Gasteiger partial charge in [-0.25, -0.2) is 0 Å². The molecule has 0 heterocycles. The first-order chi connectivity index (χ1) is 5.75. The van der Waals surface area contributed by atoms with Gasteiger partial charge in [-0.15, -0.1) is 0 Å². The molecular formula is C12H14. The van der Waals surface area contributed by atoms with E-state index in [9.17, 15) is 0 Å². The maximum atomic E-state index is 3.97. The van der Waals surface area contributed by atoms with Crippen molar-refractivity contribution in [3.05, 3.63) is 46.9 Å². The third-order valence-corrected chi connectivity index (χ3v) is 1.86. The summed E-state index contributed by atoms with van der Waals surface area (Å²) in [5.74, 6) is 0. The molecule has 0 saturated heterocycles. The van der Waals surface area contributed by atoms with Gasteiger partial charge in [-0.1, -0.05) is 43.0 Å². The van der Waals surface area contributed by atoms with E-state index < -0.39 is 0 Å². The highest BCUT2D eigenvalue weighted by Crippen LogP contribution is 1.90. The number of benzene rings is 1. The summed E-state index contributed by atoms with van der Waals surface area (Å²) in [6.07, 6.45) is 4.14. The molecule has 0 spiro atoms. The number of hydrogen-bond acceptors (Lipinski definition) is 0. The van der Waals surface area contributed by atoms with Crippen LogP contribution in [0.2, 0.25) is 0 Å². The maximum absolute atomic E-state index is 3.97. The van der Waals surface area contributed by atoms with Gasteiger partial charge in [0.1, 0.15) is 0 Å². The second-order valence-corrected chi connectivity index (χ2v) is 2.84. The van der Waals surface area contributed by atoms with E-state index in [2.05, 4.69) is 25.6 Å². The van der Waals surface area contributed by atoms with Crippen LogP contribution in [0.25, 0.3) is 12.2 Å². The zero-order valence-corrected chi connectivity index (χ0v) is 7.67. The molecule has 0 unspecified atom stereocenters. The van der Waals surface area contributed by atoms with Crippen LogP contribution in [0.15, 0.2) is 36.4 Å². The minimum absolute atomic E-state index is 1.09. The van der Waals surface area contributed by atoms with Crippen molar-refractivity contribution in [1.29, 1.82) is 0 Å². The molecule has 0 fully saturated rings. The van der Waals surface area contributed by atoms with E-state index in [0.717, 1.165) is 5.22 Å². The van der Waals surface area contributed by atoms with Gasteiger partial charge < -0.3 is 0 Å². The van der Waals surface area contributed by atoms with Gasteiger partial charge in [0.25, 0.3) is 0 Å². The van der Waals surface area contributed by atoms with Crippen LogP contribution in [0.3, 0.4) is 0 Å². The Hall–Kier alpha value is -1.30. The van der Waals surface area contributed by atoms with E-state index in [0.29, 0.717) is 0 Å². The van der Waals surface area contributed by atoms with Gasteiger partial charge in [-0.2, -0.15) is 0 Å². The molecule has 0 heteroatoms.